The molecule has 2 heterocycles. The van der Waals surface area contributed by atoms with E-state index in [4.69, 9.17) is 22.2 Å². The fourth-order valence-electron chi connectivity index (χ4n) is 2.20. The van der Waals surface area contributed by atoms with Crippen molar-refractivity contribution in [3.8, 4) is 5.75 Å². The van der Waals surface area contributed by atoms with Crippen LogP contribution in [0, 0.1) is 5.82 Å². The number of nitrogens with zero attached hydrogens (tertiary/aromatic N) is 4. The van der Waals surface area contributed by atoms with Crippen molar-refractivity contribution in [1.29, 1.82) is 0 Å². The number of benzene rings is 1. The highest BCUT2D eigenvalue weighted by Crippen LogP contribution is 2.23. The first-order chi connectivity index (χ1) is 13.4. The maximum Gasteiger partial charge on any atom is 0.233 e. The first-order valence-electron chi connectivity index (χ1n) is 8.11. The molecule has 3 aromatic rings. The Morgan fingerprint density at radius 2 is 2.14 bits per heavy atom. The third kappa shape index (κ3) is 5.15. The van der Waals surface area contributed by atoms with E-state index in [0.717, 1.165) is 4.88 Å². The maximum atomic E-state index is 13.6. The van der Waals surface area contributed by atoms with Crippen LogP contribution in [-0.4, -0.2) is 38.5 Å². The average molecular weight is 442 g/mol. The fraction of sp³-hybridized carbons (Fsp3) is 0.235. The standard InChI is InChI=1S/C17H17ClFN5O2S2/c1-23(8-11-6-7-14(18)28-11)16(25)10-27-17-22-21-15(24(17)20)9-26-13-5-3-2-4-12(13)19/h2-7H,8-10,20H2,1H3. The van der Waals surface area contributed by atoms with Gasteiger partial charge in [-0.1, -0.05) is 35.5 Å². The molecule has 3 rings (SSSR count). The zero-order valence-electron chi connectivity index (χ0n) is 14.8. The first kappa shape index (κ1) is 20.4. The number of aromatic nitrogens is 3. The molecular formula is C17H17ClFN5O2S2. The van der Waals surface area contributed by atoms with E-state index in [1.165, 1.54) is 39.9 Å². The summed E-state index contributed by atoms with van der Waals surface area (Å²) in [5, 5.41) is 8.26. The molecule has 0 bridgehead atoms. The van der Waals surface area contributed by atoms with Crippen molar-refractivity contribution in [2.45, 2.75) is 18.3 Å². The molecule has 0 unspecified atom stereocenters. The Morgan fingerprint density at radius 1 is 1.36 bits per heavy atom. The molecule has 7 nitrogen and oxygen atoms in total. The van der Waals surface area contributed by atoms with Crippen molar-refractivity contribution in [3.63, 3.8) is 0 Å². The van der Waals surface area contributed by atoms with Crippen LogP contribution in [0.4, 0.5) is 4.39 Å². The van der Waals surface area contributed by atoms with Crippen LogP contribution in [0.15, 0.2) is 41.6 Å². The summed E-state index contributed by atoms with van der Waals surface area (Å²) in [7, 11) is 1.72. The van der Waals surface area contributed by atoms with Crippen LogP contribution in [0.1, 0.15) is 10.7 Å². The number of carbonyl (C=O) groups is 1. The van der Waals surface area contributed by atoms with Gasteiger partial charge in [-0.05, 0) is 24.3 Å². The summed E-state index contributed by atoms with van der Waals surface area (Å²) in [4.78, 5) is 14.9. The Labute approximate surface area is 174 Å². The molecule has 1 amide bonds. The molecule has 0 saturated heterocycles. The maximum absolute atomic E-state index is 13.6. The lowest BCUT2D eigenvalue weighted by Gasteiger charge is -2.15. The SMILES string of the molecule is CN(Cc1ccc(Cl)s1)C(=O)CSc1nnc(COc2ccccc2F)n1N. The number of nitrogens with two attached hydrogens (primary N) is 1. The number of nitrogen functional groups attached to an aromatic ring is 1. The normalized spacial score (nSPS) is 10.8. The molecule has 0 aliphatic heterocycles. The summed E-state index contributed by atoms with van der Waals surface area (Å²) in [5.74, 6) is 5.97. The molecule has 11 heteroatoms. The molecular weight excluding hydrogens is 425 g/mol. The quantitative estimate of drug-likeness (QED) is 0.427. The Kier molecular flexibility index (Phi) is 6.76. The van der Waals surface area contributed by atoms with Gasteiger partial charge in [0.2, 0.25) is 11.1 Å². The Morgan fingerprint density at radius 3 is 2.86 bits per heavy atom. The Hall–Kier alpha value is -2.30. The second-order valence-corrected chi connectivity index (χ2v) is 8.47. The molecule has 2 N–H and O–H groups in total. The van der Waals surface area contributed by atoms with Gasteiger partial charge in [0, 0.05) is 11.9 Å². The summed E-state index contributed by atoms with van der Waals surface area (Å²) in [6.07, 6.45) is 0. The van der Waals surface area contributed by atoms with Crippen LogP contribution >= 0.6 is 34.7 Å². The predicted octanol–water partition coefficient (Wildman–Crippen LogP) is 3.18. The topological polar surface area (TPSA) is 86.3 Å². The number of thioether (sulfide) groups is 1. The van der Waals surface area contributed by atoms with Crippen molar-refractivity contribution in [1.82, 2.24) is 19.8 Å². The minimum absolute atomic E-state index is 0.0437. The molecule has 0 saturated carbocycles. The molecule has 28 heavy (non-hydrogen) atoms. The van der Waals surface area contributed by atoms with Crippen LogP contribution < -0.4 is 10.6 Å². The van der Waals surface area contributed by atoms with Gasteiger partial charge < -0.3 is 15.5 Å². The number of hydrogen-bond acceptors (Lipinski definition) is 7. The molecule has 0 radical (unpaired) electrons. The van der Waals surface area contributed by atoms with Gasteiger partial charge in [-0.2, -0.15) is 0 Å². The van der Waals surface area contributed by atoms with Crippen LogP contribution in [-0.2, 0) is 17.9 Å². The summed E-state index contributed by atoms with van der Waals surface area (Å²) < 4.78 is 20.9. The van der Waals surface area contributed by atoms with Gasteiger partial charge in [-0.3, -0.25) is 4.79 Å². The van der Waals surface area contributed by atoms with E-state index in [2.05, 4.69) is 10.2 Å². The van der Waals surface area contributed by atoms with E-state index in [9.17, 15) is 9.18 Å². The number of halogens is 2. The largest absolute Gasteiger partial charge is 0.482 e. The zero-order valence-corrected chi connectivity index (χ0v) is 17.2. The molecule has 0 fully saturated rings. The minimum Gasteiger partial charge on any atom is -0.482 e. The Bertz CT molecular complexity index is 965. The van der Waals surface area contributed by atoms with E-state index in [-0.39, 0.29) is 24.0 Å². The molecule has 1 aromatic carbocycles. The van der Waals surface area contributed by atoms with Crippen molar-refractivity contribution in [3.05, 3.63) is 57.3 Å². The predicted molar refractivity (Wildman–Crippen MR) is 107 cm³/mol. The number of ether oxygens (including phenoxy) is 1. The monoisotopic (exact) mass is 441 g/mol. The summed E-state index contributed by atoms with van der Waals surface area (Å²) in [5.41, 5.74) is 0. The van der Waals surface area contributed by atoms with Crippen molar-refractivity contribution < 1.29 is 13.9 Å². The van der Waals surface area contributed by atoms with Gasteiger partial charge >= 0.3 is 0 Å². The number of rotatable bonds is 8. The number of amides is 1. The Balaban J connectivity index is 1.52. The van der Waals surface area contributed by atoms with E-state index >= 15 is 0 Å². The number of para-hydroxylation sites is 1. The van der Waals surface area contributed by atoms with Gasteiger partial charge in [-0.25, -0.2) is 9.07 Å². The fourth-order valence-corrected chi connectivity index (χ4v) is 4.16. The second-order valence-electron chi connectivity index (χ2n) is 5.73. The highest BCUT2D eigenvalue weighted by Gasteiger charge is 2.16. The summed E-state index contributed by atoms with van der Waals surface area (Å²) in [6.45, 7) is 0.436. The van der Waals surface area contributed by atoms with Crippen molar-refractivity contribution >= 4 is 40.6 Å². The number of carbonyl (C=O) groups excluding carboxylic acids is 1. The van der Waals surface area contributed by atoms with Gasteiger partial charge in [0.25, 0.3) is 0 Å². The molecule has 148 valence electrons. The second kappa shape index (κ2) is 9.26. The molecule has 2 aromatic heterocycles. The first-order valence-corrected chi connectivity index (χ1v) is 10.3. The van der Waals surface area contributed by atoms with Gasteiger partial charge in [0.1, 0.15) is 6.61 Å². The van der Waals surface area contributed by atoms with Crippen LogP contribution in [0.3, 0.4) is 0 Å². The van der Waals surface area contributed by atoms with Crippen LogP contribution in [0.2, 0.25) is 4.34 Å². The number of hydrogen-bond donors (Lipinski definition) is 1. The lowest BCUT2D eigenvalue weighted by Crippen LogP contribution is -2.27. The third-order valence-corrected chi connectivity index (χ3v) is 5.84. The summed E-state index contributed by atoms with van der Waals surface area (Å²) in [6, 6.07) is 9.74. The average Bonchev–Trinajstić information content (AvgIpc) is 3.24. The van der Waals surface area contributed by atoms with Crippen LogP contribution in [0.25, 0.3) is 0 Å². The van der Waals surface area contributed by atoms with Gasteiger partial charge in [0.05, 0.1) is 16.6 Å². The third-order valence-electron chi connectivity index (χ3n) is 3.70. The van der Waals surface area contributed by atoms with E-state index in [1.807, 2.05) is 6.07 Å². The van der Waals surface area contributed by atoms with Crippen LogP contribution in [0.5, 0.6) is 5.75 Å². The highest BCUT2D eigenvalue weighted by atomic mass is 35.5. The number of thiophene rings is 1. The smallest absolute Gasteiger partial charge is 0.233 e. The molecule has 0 aliphatic rings. The van der Waals surface area contributed by atoms with Crippen molar-refractivity contribution in [2.75, 3.05) is 18.6 Å². The zero-order chi connectivity index (χ0) is 20.1. The molecule has 0 spiro atoms. The molecule has 0 atom stereocenters. The van der Waals surface area contributed by atoms with Gasteiger partial charge in [0.15, 0.2) is 17.4 Å². The van der Waals surface area contributed by atoms with Gasteiger partial charge in [-0.15, -0.1) is 21.5 Å². The molecule has 0 aliphatic carbocycles. The van der Waals surface area contributed by atoms with Crippen molar-refractivity contribution in [2.24, 2.45) is 0 Å². The van der Waals surface area contributed by atoms with E-state index < -0.39 is 5.82 Å². The lowest BCUT2D eigenvalue weighted by molar-refractivity contribution is -0.127. The highest BCUT2D eigenvalue weighted by molar-refractivity contribution is 7.99. The van der Waals surface area contributed by atoms with E-state index in [1.54, 1.807) is 30.1 Å². The van der Waals surface area contributed by atoms with E-state index in [0.29, 0.717) is 21.9 Å². The lowest BCUT2D eigenvalue weighted by atomic mass is 10.3. The summed E-state index contributed by atoms with van der Waals surface area (Å²) >= 11 is 8.51. The minimum atomic E-state index is -0.471.